The van der Waals surface area contributed by atoms with Crippen LogP contribution in [-0.2, 0) is 16.1 Å². The number of benzene rings is 1. The molecule has 1 aromatic carbocycles. The number of hydrogen-bond donors (Lipinski definition) is 1. The summed E-state index contributed by atoms with van der Waals surface area (Å²) in [5.74, 6) is 0.695. The predicted molar refractivity (Wildman–Crippen MR) is 95.8 cm³/mol. The highest BCUT2D eigenvalue weighted by atomic mass is 16.5. The monoisotopic (exact) mass is 334 g/mol. The molecule has 0 unspecified atom stereocenters. The summed E-state index contributed by atoms with van der Waals surface area (Å²) >= 11 is 0. The van der Waals surface area contributed by atoms with E-state index in [0.717, 1.165) is 24.2 Å². The highest BCUT2D eigenvalue weighted by Crippen LogP contribution is 2.16. The molecule has 24 heavy (non-hydrogen) atoms. The van der Waals surface area contributed by atoms with E-state index in [9.17, 15) is 9.59 Å². The van der Waals surface area contributed by atoms with Crippen LogP contribution in [0.15, 0.2) is 24.3 Å². The minimum atomic E-state index is -0.434. The molecule has 1 N–H and O–H groups in total. The van der Waals surface area contributed by atoms with Gasteiger partial charge in [-0.05, 0) is 30.5 Å². The van der Waals surface area contributed by atoms with Gasteiger partial charge < -0.3 is 15.0 Å². The van der Waals surface area contributed by atoms with Crippen LogP contribution in [0.3, 0.4) is 0 Å². The number of hydrogen-bond acceptors (Lipinski definition) is 3. The van der Waals surface area contributed by atoms with Gasteiger partial charge in [-0.15, -0.1) is 0 Å². The number of nitrogens with one attached hydrogen (secondary N) is 1. The van der Waals surface area contributed by atoms with Crippen molar-refractivity contribution in [2.24, 2.45) is 0 Å². The second-order valence-corrected chi connectivity index (χ2v) is 5.79. The lowest BCUT2D eigenvalue weighted by molar-refractivity contribution is -0.141. The molecular weight excluding hydrogens is 304 g/mol. The van der Waals surface area contributed by atoms with E-state index in [-0.39, 0.29) is 11.8 Å². The van der Waals surface area contributed by atoms with Gasteiger partial charge in [0.15, 0.2) is 0 Å². The minimum absolute atomic E-state index is 0.0108. The number of amides is 2. The van der Waals surface area contributed by atoms with Crippen molar-refractivity contribution in [1.82, 2.24) is 10.2 Å². The highest BCUT2D eigenvalue weighted by Gasteiger charge is 2.27. The Kier molecular flexibility index (Phi) is 8.90. The van der Waals surface area contributed by atoms with Gasteiger partial charge in [-0.25, -0.2) is 0 Å². The SMILES string of the molecule is CCCCNC(=O)[C@@H](CC)N(Cc1ccc(OC)cc1)C(=O)CC. The zero-order valence-electron chi connectivity index (χ0n) is 15.3. The third-order valence-electron chi connectivity index (χ3n) is 4.03. The average molecular weight is 334 g/mol. The van der Waals surface area contributed by atoms with Gasteiger partial charge in [0.1, 0.15) is 11.8 Å². The summed E-state index contributed by atoms with van der Waals surface area (Å²) in [5.41, 5.74) is 0.984. The van der Waals surface area contributed by atoms with Gasteiger partial charge in [-0.2, -0.15) is 0 Å². The molecule has 1 aromatic rings. The molecule has 2 amide bonds. The Labute approximate surface area is 145 Å². The number of rotatable bonds is 10. The first kappa shape index (κ1) is 20.0. The molecule has 0 aliphatic carbocycles. The fraction of sp³-hybridized carbons (Fsp3) is 0.579. The van der Waals surface area contributed by atoms with Crippen molar-refractivity contribution in [3.05, 3.63) is 29.8 Å². The van der Waals surface area contributed by atoms with Gasteiger partial charge in [-0.3, -0.25) is 9.59 Å². The van der Waals surface area contributed by atoms with Crippen LogP contribution in [0.4, 0.5) is 0 Å². The van der Waals surface area contributed by atoms with Crippen LogP contribution < -0.4 is 10.1 Å². The van der Waals surface area contributed by atoms with Gasteiger partial charge in [0.05, 0.1) is 7.11 Å². The quantitative estimate of drug-likeness (QED) is 0.669. The fourth-order valence-corrected chi connectivity index (χ4v) is 2.56. The van der Waals surface area contributed by atoms with Gasteiger partial charge in [0.2, 0.25) is 11.8 Å². The lowest BCUT2D eigenvalue weighted by Gasteiger charge is -2.30. The fourth-order valence-electron chi connectivity index (χ4n) is 2.56. The number of unbranched alkanes of at least 4 members (excludes halogenated alkanes) is 1. The maximum Gasteiger partial charge on any atom is 0.242 e. The van der Waals surface area contributed by atoms with Gasteiger partial charge in [0, 0.05) is 19.5 Å². The third-order valence-corrected chi connectivity index (χ3v) is 4.03. The molecule has 0 aromatic heterocycles. The molecule has 134 valence electrons. The van der Waals surface area contributed by atoms with Crippen molar-refractivity contribution in [1.29, 1.82) is 0 Å². The summed E-state index contributed by atoms with van der Waals surface area (Å²) in [4.78, 5) is 26.6. The first-order chi connectivity index (χ1) is 11.6. The molecule has 0 saturated heterocycles. The molecule has 0 heterocycles. The standard InChI is InChI=1S/C19H30N2O3/c1-5-8-13-20-19(23)17(6-2)21(18(22)7-3)14-15-9-11-16(24-4)12-10-15/h9-12,17H,5-8,13-14H2,1-4H3,(H,20,23)/t17-/m1/s1. The van der Waals surface area contributed by atoms with E-state index in [0.29, 0.717) is 25.9 Å². The van der Waals surface area contributed by atoms with E-state index in [1.807, 2.05) is 38.1 Å². The largest absolute Gasteiger partial charge is 0.497 e. The van der Waals surface area contributed by atoms with Crippen molar-refractivity contribution in [2.75, 3.05) is 13.7 Å². The zero-order valence-corrected chi connectivity index (χ0v) is 15.3. The summed E-state index contributed by atoms with van der Waals surface area (Å²) in [7, 11) is 1.62. The maximum absolute atomic E-state index is 12.5. The second kappa shape index (κ2) is 10.7. The molecule has 0 saturated carbocycles. The molecule has 0 bridgehead atoms. The Morgan fingerprint density at radius 3 is 2.33 bits per heavy atom. The van der Waals surface area contributed by atoms with Crippen molar-refractivity contribution in [2.45, 2.75) is 59.0 Å². The first-order valence-corrected chi connectivity index (χ1v) is 8.77. The third kappa shape index (κ3) is 5.87. The van der Waals surface area contributed by atoms with Crippen LogP contribution in [0.2, 0.25) is 0 Å². The molecule has 0 aliphatic heterocycles. The molecule has 1 atom stereocenters. The van der Waals surface area contributed by atoms with Crippen molar-refractivity contribution in [3.63, 3.8) is 0 Å². The summed E-state index contributed by atoms with van der Waals surface area (Å²) in [6, 6.07) is 7.15. The van der Waals surface area contributed by atoms with E-state index < -0.39 is 6.04 Å². The van der Waals surface area contributed by atoms with E-state index >= 15 is 0 Å². The molecular formula is C19H30N2O3. The van der Waals surface area contributed by atoms with Crippen molar-refractivity contribution >= 4 is 11.8 Å². The van der Waals surface area contributed by atoms with E-state index in [2.05, 4.69) is 12.2 Å². The first-order valence-electron chi connectivity index (χ1n) is 8.77. The number of nitrogens with zero attached hydrogens (tertiary/aromatic N) is 1. The Morgan fingerprint density at radius 2 is 1.83 bits per heavy atom. The number of ether oxygens (including phenoxy) is 1. The second-order valence-electron chi connectivity index (χ2n) is 5.79. The Bertz CT molecular complexity index is 514. The minimum Gasteiger partial charge on any atom is -0.497 e. The van der Waals surface area contributed by atoms with Crippen LogP contribution >= 0.6 is 0 Å². The summed E-state index contributed by atoms with van der Waals surface area (Å²) in [6.45, 7) is 6.93. The Morgan fingerprint density at radius 1 is 1.17 bits per heavy atom. The Hall–Kier alpha value is -2.04. The number of carbonyl (C=O) groups excluding carboxylic acids is 2. The van der Waals surface area contributed by atoms with E-state index in [1.165, 1.54) is 0 Å². The van der Waals surface area contributed by atoms with E-state index in [1.54, 1.807) is 12.0 Å². The summed E-state index contributed by atoms with van der Waals surface area (Å²) < 4.78 is 5.16. The summed E-state index contributed by atoms with van der Waals surface area (Å²) in [5, 5.41) is 2.95. The van der Waals surface area contributed by atoms with Crippen molar-refractivity contribution < 1.29 is 14.3 Å². The molecule has 0 radical (unpaired) electrons. The molecule has 0 fully saturated rings. The smallest absolute Gasteiger partial charge is 0.242 e. The molecule has 0 aliphatic rings. The normalized spacial score (nSPS) is 11.7. The Balaban J connectivity index is 2.87. The van der Waals surface area contributed by atoms with Crippen LogP contribution in [0, 0.1) is 0 Å². The topological polar surface area (TPSA) is 58.6 Å². The number of methoxy groups -OCH3 is 1. The van der Waals surface area contributed by atoms with Crippen LogP contribution in [0.1, 0.15) is 52.0 Å². The summed E-state index contributed by atoms with van der Waals surface area (Å²) in [6.07, 6.45) is 2.96. The molecule has 0 spiro atoms. The van der Waals surface area contributed by atoms with Gasteiger partial charge in [0.25, 0.3) is 0 Å². The number of carbonyl (C=O) groups is 2. The highest BCUT2D eigenvalue weighted by molar-refractivity contribution is 5.87. The van der Waals surface area contributed by atoms with Gasteiger partial charge >= 0.3 is 0 Å². The maximum atomic E-state index is 12.5. The van der Waals surface area contributed by atoms with Crippen LogP contribution in [0.5, 0.6) is 5.75 Å². The zero-order chi connectivity index (χ0) is 17.9. The molecule has 5 nitrogen and oxygen atoms in total. The molecule has 1 rings (SSSR count). The van der Waals surface area contributed by atoms with Gasteiger partial charge in [-0.1, -0.05) is 39.3 Å². The lowest BCUT2D eigenvalue weighted by atomic mass is 10.1. The van der Waals surface area contributed by atoms with Crippen LogP contribution in [0.25, 0.3) is 0 Å². The predicted octanol–water partition coefficient (Wildman–Crippen LogP) is 3.13. The van der Waals surface area contributed by atoms with Crippen LogP contribution in [-0.4, -0.2) is 36.4 Å². The molecule has 5 heteroatoms. The average Bonchev–Trinajstić information content (AvgIpc) is 2.61. The van der Waals surface area contributed by atoms with Crippen molar-refractivity contribution in [3.8, 4) is 5.75 Å². The lowest BCUT2D eigenvalue weighted by Crippen LogP contribution is -2.49. The van der Waals surface area contributed by atoms with E-state index in [4.69, 9.17) is 4.74 Å².